The standard InChI is InChI=1S/C10H22Cl2Si/c1-9(2)10(6-11,7-12)8-13(3,4)5/h9H,6-8H2,1-5H3. The van der Waals surface area contributed by atoms with Crippen LogP contribution in [0.25, 0.3) is 0 Å². The van der Waals surface area contributed by atoms with Crippen LogP contribution >= 0.6 is 23.2 Å². The minimum Gasteiger partial charge on any atom is -0.126 e. The zero-order chi connectivity index (χ0) is 10.7. The van der Waals surface area contributed by atoms with Crippen molar-refractivity contribution >= 4 is 31.3 Å². The molecule has 0 aliphatic heterocycles. The Bertz CT molecular complexity index is 145. The molecule has 0 aromatic carbocycles. The molecule has 0 aliphatic carbocycles. The van der Waals surface area contributed by atoms with Crippen molar-refractivity contribution in [3.8, 4) is 0 Å². The number of rotatable bonds is 5. The van der Waals surface area contributed by atoms with Crippen molar-refractivity contribution in [2.45, 2.75) is 39.5 Å². The highest BCUT2D eigenvalue weighted by molar-refractivity contribution is 6.76. The summed E-state index contributed by atoms with van der Waals surface area (Å²) in [6, 6.07) is 1.23. The first-order chi connectivity index (χ1) is 5.77. The highest BCUT2D eigenvalue weighted by Gasteiger charge is 2.36. The van der Waals surface area contributed by atoms with E-state index in [0.29, 0.717) is 17.7 Å². The van der Waals surface area contributed by atoms with Crippen LogP contribution in [0.3, 0.4) is 0 Å². The van der Waals surface area contributed by atoms with E-state index >= 15 is 0 Å². The summed E-state index contributed by atoms with van der Waals surface area (Å²) in [5.41, 5.74) is 0.160. The molecule has 0 rings (SSSR count). The smallest absolute Gasteiger partial charge is 0.0449 e. The van der Waals surface area contributed by atoms with Crippen LogP contribution in [0.5, 0.6) is 0 Å². The van der Waals surface area contributed by atoms with Gasteiger partial charge in [-0.05, 0) is 17.4 Å². The van der Waals surface area contributed by atoms with Gasteiger partial charge in [-0.1, -0.05) is 33.5 Å². The molecule has 0 aromatic heterocycles. The van der Waals surface area contributed by atoms with Gasteiger partial charge < -0.3 is 0 Å². The van der Waals surface area contributed by atoms with Crippen molar-refractivity contribution in [3.63, 3.8) is 0 Å². The first-order valence-electron chi connectivity index (χ1n) is 4.89. The molecule has 0 heterocycles. The molecule has 0 aliphatic rings. The summed E-state index contributed by atoms with van der Waals surface area (Å²) in [7, 11) is -1.07. The summed E-state index contributed by atoms with van der Waals surface area (Å²) < 4.78 is 0. The monoisotopic (exact) mass is 240 g/mol. The van der Waals surface area contributed by atoms with Gasteiger partial charge in [0, 0.05) is 19.8 Å². The van der Waals surface area contributed by atoms with E-state index in [1.165, 1.54) is 6.04 Å². The van der Waals surface area contributed by atoms with Gasteiger partial charge in [0.15, 0.2) is 0 Å². The molecule has 0 bridgehead atoms. The van der Waals surface area contributed by atoms with Crippen molar-refractivity contribution in [2.24, 2.45) is 11.3 Å². The highest BCUT2D eigenvalue weighted by atomic mass is 35.5. The number of hydrogen-bond donors (Lipinski definition) is 0. The van der Waals surface area contributed by atoms with Gasteiger partial charge in [0.1, 0.15) is 0 Å². The fourth-order valence-corrected chi connectivity index (χ4v) is 5.88. The molecule has 0 unspecified atom stereocenters. The second-order valence-corrected chi connectivity index (χ2v) is 11.5. The second-order valence-electron chi connectivity index (χ2n) is 5.52. The Morgan fingerprint density at radius 3 is 1.54 bits per heavy atom. The molecule has 0 aromatic rings. The molecule has 0 fully saturated rings. The SMILES string of the molecule is CC(C)C(CCl)(CCl)C[Si](C)(C)C. The van der Waals surface area contributed by atoms with E-state index in [1.54, 1.807) is 0 Å². The third-order valence-corrected chi connectivity index (χ3v) is 5.47. The van der Waals surface area contributed by atoms with Gasteiger partial charge in [0.2, 0.25) is 0 Å². The molecule has 0 N–H and O–H groups in total. The van der Waals surface area contributed by atoms with Gasteiger partial charge in [0.25, 0.3) is 0 Å². The van der Waals surface area contributed by atoms with Crippen LogP contribution in [0.1, 0.15) is 13.8 Å². The molecule has 0 radical (unpaired) electrons. The van der Waals surface area contributed by atoms with Crippen LogP contribution in [0.4, 0.5) is 0 Å². The Balaban J connectivity index is 4.58. The Labute approximate surface area is 94.0 Å². The van der Waals surface area contributed by atoms with Crippen molar-refractivity contribution < 1.29 is 0 Å². The Morgan fingerprint density at radius 2 is 1.46 bits per heavy atom. The summed E-state index contributed by atoms with van der Waals surface area (Å²) in [6.07, 6.45) is 0. The lowest BCUT2D eigenvalue weighted by Gasteiger charge is -2.38. The Hall–Kier alpha value is 0.797. The van der Waals surface area contributed by atoms with Crippen LogP contribution in [-0.4, -0.2) is 19.8 Å². The highest BCUT2D eigenvalue weighted by Crippen LogP contribution is 2.38. The predicted octanol–water partition coefficient (Wildman–Crippen LogP) is 4.44. The van der Waals surface area contributed by atoms with Gasteiger partial charge in [-0.15, -0.1) is 23.2 Å². The maximum Gasteiger partial charge on any atom is 0.0449 e. The summed E-state index contributed by atoms with van der Waals surface area (Å²) in [4.78, 5) is 0. The molecule has 0 saturated heterocycles. The van der Waals surface area contributed by atoms with Crippen LogP contribution in [-0.2, 0) is 0 Å². The normalized spacial score (nSPS) is 13.8. The van der Waals surface area contributed by atoms with Gasteiger partial charge in [-0.25, -0.2) is 0 Å². The molecule has 0 nitrogen and oxygen atoms in total. The molecule has 0 amide bonds. The minimum atomic E-state index is -1.07. The molecular formula is C10H22Cl2Si. The summed E-state index contributed by atoms with van der Waals surface area (Å²) in [5.74, 6) is 1.96. The Kier molecular flexibility index (Phi) is 5.35. The van der Waals surface area contributed by atoms with Crippen molar-refractivity contribution in [2.75, 3.05) is 11.8 Å². The fourth-order valence-electron chi connectivity index (χ4n) is 1.70. The van der Waals surface area contributed by atoms with Gasteiger partial charge in [-0.2, -0.15) is 0 Å². The lowest BCUT2D eigenvalue weighted by atomic mass is 9.83. The first-order valence-corrected chi connectivity index (χ1v) is 9.67. The largest absolute Gasteiger partial charge is 0.126 e. The third kappa shape index (κ3) is 4.22. The van der Waals surface area contributed by atoms with E-state index in [2.05, 4.69) is 33.5 Å². The van der Waals surface area contributed by atoms with E-state index in [4.69, 9.17) is 23.2 Å². The second kappa shape index (κ2) is 5.04. The fraction of sp³-hybridized carbons (Fsp3) is 1.00. The number of hydrogen-bond acceptors (Lipinski definition) is 0. The minimum absolute atomic E-state index is 0.160. The van der Waals surface area contributed by atoms with Gasteiger partial charge in [0.05, 0.1) is 0 Å². The zero-order valence-electron chi connectivity index (χ0n) is 9.45. The summed E-state index contributed by atoms with van der Waals surface area (Å²) in [5, 5.41) is 0. The maximum absolute atomic E-state index is 6.06. The van der Waals surface area contributed by atoms with Crippen LogP contribution in [0.15, 0.2) is 0 Å². The van der Waals surface area contributed by atoms with E-state index < -0.39 is 8.07 Å². The lowest BCUT2D eigenvalue weighted by molar-refractivity contribution is 0.291. The van der Waals surface area contributed by atoms with E-state index in [-0.39, 0.29) is 5.41 Å². The van der Waals surface area contributed by atoms with Crippen LogP contribution in [0, 0.1) is 11.3 Å². The third-order valence-electron chi connectivity index (χ3n) is 2.64. The summed E-state index contributed by atoms with van der Waals surface area (Å²) in [6.45, 7) is 11.6. The van der Waals surface area contributed by atoms with Crippen LogP contribution in [0.2, 0.25) is 25.7 Å². The topological polar surface area (TPSA) is 0 Å². The van der Waals surface area contributed by atoms with E-state index in [9.17, 15) is 0 Å². The quantitative estimate of drug-likeness (QED) is 0.493. The molecule has 3 heteroatoms. The molecule has 80 valence electrons. The molecule has 0 atom stereocenters. The first kappa shape index (κ1) is 13.8. The van der Waals surface area contributed by atoms with Crippen molar-refractivity contribution in [1.29, 1.82) is 0 Å². The number of halogens is 2. The van der Waals surface area contributed by atoms with E-state index in [0.717, 1.165) is 0 Å². The maximum atomic E-state index is 6.06. The number of alkyl halides is 2. The van der Waals surface area contributed by atoms with Crippen molar-refractivity contribution in [3.05, 3.63) is 0 Å². The lowest BCUT2D eigenvalue weighted by Crippen LogP contribution is -2.39. The van der Waals surface area contributed by atoms with Gasteiger partial charge >= 0.3 is 0 Å². The molecule has 0 saturated carbocycles. The van der Waals surface area contributed by atoms with Crippen molar-refractivity contribution in [1.82, 2.24) is 0 Å². The van der Waals surface area contributed by atoms with Crippen LogP contribution < -0.4 is 0 Å². The predicted molar refractivity (Wildman–Crippen MR) is 66.9 cm³/mol. The molecule has 13 heavy (non-hydrogen) atoms. The average molecular weight is 241 g/mol. The zero-order valence-corrected chi connectivity index (χ0v) is 12.0. The van der Waals surface area contributed by atoms with Gasteiger partial charge in [-0.3, -0.25) is 0 Å². The Morgan fingerprint density at radius 1 is 1.08 bits per heavy atom. The molecule has 0 spiro atoms. The average Bonchev–Trinajstić information content (AvgIpc) is 1.98. The molecular weight excluding hydrogens is 219 g/mol. The summed E-state index contributed by atoms with van der Waals surface area (Å²) >= 11 is 12.1. The van der Waals surface area contributed by atoms with E-state index in [1.807, 2.05) is 0 Å².